The summed E-state index contributed by atoms with van der Waals surface area (Å²) >= 11 is 0. The van der Waals surface area contributed by atoms with Gasteiger partial charge in [0.15, 0.2) is 11.5 Å². The van der Waals surface area contributed by atoms with E-state index in [9.17, 15) is 16.8 Å². The van der Waals surface area contributed by atoms with Crippen LogP contribution in [0.15, 0.2) is 21.9 Å². The average molecular weight is 270 g/mol. The molecule has 0 aliphatic rings. The van der Waals surface area contributed by atoms with Crippen molar-refractivity contribution in [2.24, 2.45) is 0 Å². The fourth-order valence-corrected chi connectivity index (χ4v) is 2.72. The quantitative estimate of drug-likeness (QED) is 0.418. The van der Waals surface area contributed by atoms with Crippen LogP contribution in [-0.4, -0.2) is 36.2 Å². The largest absolute Gasteiger partial charge is 0.504 e. The second kappa shape index (κ2) is 3.59. The molecular formula is C6H6O8S2. The molecule has 0 saturated carbocycles. The first-order valence-electron chi connectivity index (χ1n) is 3.54. The van der Waals surface area contributed by atoms with Crippen LogP contribution in [0.25, 0.3) is 0 Å². The Labute approximate surface area is 90.3 Å². The molecule has 0 fully saturated rings. The van der Waals surface area contributed by atoms with Crippen molar-refractivity contribution in [2.45, 2.75) is 9.79 Å². The third-order valence-corrected chi connectivity index (χ3v) is 3.51. The van der Waals surface area contributed by atoms with E-state index in [4.69, 9.17) is 19.3 Å². The summed E-state index contributed by atoms with van der Waals surface area (Å²) in [6, 6.07) is 0.599. The Hall–Kier alpha value is -1.36. The van der Waals surface area contributed by atoms with E-state index in [0.29, 0.717) is 12.1 Å². The van der Waals surface area contributed by atoms with Gasteiger partial charge in [-0.25, -0.2) is 0 Å². The molecule has 1 rings (SSSR count). The van der Waals surface area contributed by atoms with Crippen molar-refractivity contribution in [3.8, 4) is 11.5 Å². The molecule has 1 aromatic rings. The fourth-order valence-electron chi connectivity index (χ4n) is 0.942. The van der Waals surface area contributed by atoms with Crippen LogP contribution in [0.1, 0.15) is 0 Å². The summed E-state index contributed by atoms with van der Waals surface area (Å²) < 4.78 is 60.3. The monoisotopic (exact) mass is 270 g/mol. The second-order valence-corrected chi connectivity index (χ2v) is 5.52. The summed E-state index contributed by atoms with van der Waals surface area (Å²) in [5, 5.41) is 17.9. The van der Waals surface area contributed by atoms with E-state index in [-0.39, 0.29) is 0 Å². The molecule has 16 heavy (non-hydrogen) atoms. The highest BCUT2D eigenvalue weighted by Gasteiger charge is 2.26. The molecule has 90 valence electrons. The molecule has 0 aliphatic carbocycles. The number of aromatic hydroxyl groups is 2. The Morgan fingerprint density at radius 2 is 1.00 bits per heavy atom. The summed E-state index contributed by atoms with van der Waals surface area (Å²) in [5.41, 5.74) is 0. The predicted octanol–water partition coefficient (Wildman–Crippen LogP) is -0.409. The van der Waals surface area contributed by atoms with Gasteiger partial charge in [0.25, 0.3) is 20.2 Å². The number of phenols is 2. The minimum Gasteiger partial charge on any atom is -0.504 e. The second-order valence-electron chi connectivity index (χ2n) is 2.74. The maximum Gasteiger partial charge on any atom is 0.296 e. The van der Waals surface area contributed by atoms with Crippen LogP contribution < -0.4 is 0 Å². The van der Waals surface area contributed by atoms with Gasteiger partial charge < -0.3 is 10.2 Å². The molecule has 0 bridgehead atoms. The fraction of sp³-hybridized carbons (Fsp3) is 0. The number of rotatable bonds is 2. The van der Waals surface area contributed by atoms with E-state index in [1.165, 1.54) is 0 Å². The number of hydrogen-bond acceptors (Lipinski definition) is 6. The number of benzene rings is 1. The maximum atomic E-state index is 10.8. The van der Waals surface area contributed by atoms with Crippen molar-refractivity contribution in [3.05, 3.63) is 12.1 Å². The molecule has 0 heterocycles. The van der Waals surface area contributed by atoms with Crippen molar-refractivity contribution in [1.29, 1.82) is 0 Å². The Balaban J connectivity index is 3.80. The van der Waals surface area contributed by atoms with Gasteiger partial charge in [0.2, 0.25) is 0 Å². The first kappa shape index (κ1) is 12.7. The predicted molar refractivity (Wildman–Crippen MR) is 49.4 cm³/mol. The van der Waals surface area contributed by atoms with E-state index in [1.54, 1.807) is 0 Å². The first-order chi connectivity index (χ1) is 7.03. The molecule has 10 heteroatoms. The lowest BCUT2D eigenvalue weighted by Crippen LogP contribution is -2.08. The molecule has 0 aromatic heterocycles. The maximum absolute atomic E-state index is 10.8. The number of phenolic OH excluding ortho intramolecular Hbond substituents is 2. The van der Waals surface area contributed by atoms with Crippen molar-refractivity contribution in [2.75, 3.05) is 0 Å². The van der Waals surface area contributed by atoms with E-state index in [2.05, 4.69) is 0 Å². The lowest BCUT2D eigenvalue weighted by molar-refractivity contribution is 0.397. The zero-order valence-corrected chi connectivity index (χ0v) is 9.03. The average Bonchev–Trinajstić information content (AvgIpc) is 2.05. The third kappa shape index (κ3) is 2.41. The molecule has 0 unspecified atom stereocenters. The topological polar surface area (TPSA) is 149 Å². The minimum atomic E-state index is -4.97. The molecule has 0 spiro atoms. The highest BCUT2D eigenvalue weighted by molar-refractivity contribution is 7.89. The zero-order chi connectivity index (χ0) is 12.7. The summed E-state index contributed by atoms with van der Waals surface area (Å²) in [5.74, 6) is -1.92. The van der Waals surface area contributed by atoms with E-state index in [0.717, 1.165) is 0 Å². The molecule has 0 atom stereocenters. The van der Waals surface area contributed by atoms with Crippen LogP contribution in [0.4, 0.5) is 0 Å². The molecule has 0 amide bonds. The van der Waals surface area contributed by atoms with Crippen LogP contribution in [0.2, 0.25) is 0 Å². The summed E-state index contributed by atoms with van der Waals surface area (Å²) in [6.45, 7) is 0. The lowest BCUT2D eigenvalue weighted by atomic mass is 10.3. The van der Waals surface area contributed by atoms with Gasteiger partial charge in [-0.05, 0) is 0 Å². The molecule has 4 N–H and O–H groups in total. The lowest BCUT2D eigenvalue weighted by Gasteiger charge is -2.06. The van der Waals surface area contributed by atoms with Gasteiger partial charge in [-0.1, -0.05) is 0 Å². The van der Waals surface area contributed by atoms with E-state index in [1.807, 2.05) is 0 Å². The van der Waals surface area contributed by atoms with Gasteiger partial charge in [-0.2, -0.15) is 16.8 Å². The number of hydrogen-bond donors (Lipinski definition) is 4. The van der Waals surface area contributed by atoms with E-state index >= 15 is 0 Å². The summed E-state index contributed by atoms with van der Waals surface area (Å²) in [6.07, 6.45) is 0. The molecule has 0 radical (unpaired) electrons. The summed E-state index contributed by atoms with van der Waals surface area (Å²) in [4.78, 5) is -2.46. The minimum absolute atomic E-state index is 0.299. The molecule has 1 aromatic carbocycles. The SMILES string of the molecule is O=S(=O)(O)c1cc(O)c(O)cc1S(=O)(=O)O. The van der Waals surface area contributed by atoms with Crippen molar-refractivity contribution >= 4 is 20.2 Å². The zero-order valence-electron chi connectivity index (χ0n) is 7.39. The van der Waals surface area contributed by atoms with Crippen LogP contribution in [-0.2, 0) is 20.2 Å². The smallest absolute Gasteiger partial charge is 0.296 e. The standard InChI is InChI=1S/C6H6O8S2/c7-3-1-5(15(9,10)11)6(2-4(3)8)16(12,13)14/h1-2,7-8H,(H,9,10,11)(H,12,13,14). The highest BCUT2D eigenvalue weighted by atomic mass is 32.2. The van der Waals surface area contributed by atoms with Gasteiger partial charge in [0.05, 0.1) is 0 Å². The molecule has 0 saturated heterocycles. The van der Waals surface area contributed by atoms with Gasteiger partial charge in [0.1, 0.15) is 9.79 Å². The molecular weight excluding hydrogens is 264 g/mol. The summed E-state index contributed by atoms with van der Waals surface area (Å²) in [7, 11) is -9.93. The van der Waals surface area contributed by atoms with Crippen molar-refractivity contribution < 1.29 is 36.2 Å². The van der Waals surface area contributed by atoms with Crippen molar-refractivity contribution in [1.82, 2.24) is 0 Å². The third-order valence-electron chi connectivity index (χ3n) is 1.60. The van der Waals surface area contributed by atoms with Gasteiger partial charge >= 0.3 is 0 Å². The van der Waals surface area contributed by atoms with Crippen LogP contribution in [0, 0.1) is 0 Å². The first-order valence-corrected chi connectivity index (χ1v) is 6.42. The van der Waals surface area contributed by atoms with Gasteiger partial charge in [-0.15, -0.1) is 0 Å². The van der Waals surface area contributed by atoms with Gasteiger partial charge in [0, 0.05) is 12.1 Å². The Morgan fingerprint density at radius 1 is 0.750 bits per heavy atom. The van der Waals surface area contributed by atoms with Crippen molar-refractivity contribution in [3.63, 3.8) is 0 Å². The molecule has 8 nitrogen and oxygen atoms in total. The normalized spacial score (nSPS) is 12.6. The molecule has 0 aliphatic heterocycles. The van der Waals surface area contributed by atoms with Crippen LogP contribution in [0.5, 0.6) is 11.5 Å². The Bertz CT molecular complexity index is 570. The highest BCUT2D eigenvalue weighted by Crippen LogP contribution is 2.33. The van der Waals surface area contributed by atoms with Gasteiger partial charge in [-0.3, -0.25) is 9.11 Å². The van der Waals surface area contributed by atoms with Crippen LogP contribution in [0.3, 0.4) is 0 Å². The Kier molecular flexibility index (Phi) is 2.85. The van der Waals surface area contributed by atoms with Crippen LogP contribution >= 0.6 is 0 Å². The van der Waals surface area contributed by atoms with E-state index < -0.39 is 41.5 Å². The Morgan fingerprint density at radius 3 is 1.19 bits per heavy atom.